The van der Waals surface area contributed by atoms with E-state index in [0.717, 1.165) is 6.07 Å². The van der Waals surface area contributed by atoms with Crippen LogP contribution >= 0.6 is 11.6 Å². The molecule has 0 atom stereocenters. The van der Waals surface area contributed by atoms with Crippen molar-refractivity contribution in [3.05, 3.63) is 29.6 Å². The Labute approximate surface area is 103 Å². The molecule has 0 saturated carbocycles. The van der Waals surface area contributed by atoms with Crippen molar-refractivity contribution < 1.29 is 8.78 Å². The lowest BCUT2D eigenvalue weighted by molar-refractivity contribution is 0.492. The van der Waals surface area contributed by atoms with E-state index in [4.69, 9.17) is 11.6 Å². The third-order valence-electron chi connectivity index (χ3n) is 2.55. The summed E-state index contributed by atoms with van der Waals surface area (Å²) < 4.78 is 28.7. The summed E-state index contributed by atoms with van der Waals surface area (Å²) in [7, 11) is 0. The molecule has 2 nitrogen and oxygen atoms in total. The number of hydrogen-bond acceptors (Lipinski definition) is 1. The molecular weight excluding hydrogens is 246 g/mol. The van der Waals surface area contributed by atoms with Crippen molar-refractivity contribution in [2.24, 2.45) is 5.92 Å². The largest absolute Gasteiger partial charge is 0.324 e. The van der Waals surface area contributed by atoms with Crippen molar-refractivity contribution in [2.75, 3.05) is 0 Å². The minimum atomic E-state index is -0.858. The number of rotatable bonds is 3. The van der Waals surface area contributed by atoms with E-state index in [9.17, 15) is 8.78 Å². The summed E-state index contributed by atoms with van der Waals surface area (Å²) in [5.74, 6) is -0.657. The number of alkyl halides is 1. The third kappa shape index (κ3) is 2.14. The number of aromatic nitrogens is 2. The lowest BCUT2D eigenvalue weighted by Crippen LogP contribution is -2.08. The number of imidazole rings is 1. The summed E-state index contributed by atoms with van der Waals surface area (Å²) in [6.07, 6.45) is 0. The molecule has 0 spiro atoms. The summed E-state index contributed by atoms with van der Waals surface area (Å²) >= 11 is 5.78. The van der Waals surface area contributed by atoms with Gasteiger partial charge >= 0.3 is 0 Å². The van der Waals surface area contributed by atoms with Gasteiger partial charge in [-0.15, -0.1) is 11.6 Å². The molecule has 1 aromatic carbocycles. The van der Waals surface area contributed by atoms with Gasteiger partial charge in [0.15, 0.2) is 11.6 Å². The number of hydrogen-bond donors (Lipinski definition) is 0. The van der Waals surface area contributed by atoms with E-state index in [2.05, 4.69) is 4.98 Å². The Hall–Kier alpha value is -1.16. The van der Waals surface area contributed by atoms with Gasteiger partial charge in [-0.2, -0.15) is 0 Å². The summed E-state index contributed by atoms with van der Waals surface area (Å²) in [6.45, 7) is 4.57. The van der Waals surface area contributed by atoms with Gasteiger partial charge in [0, 0.05) is 6.54 Å². The van der Waals surface area contributed by atoms with E-state index in [0.29, 0.717) is 23.8 Å². The standard InChI is InChI=1S/C12H13ClF2N2/c1-7(2)6-17-10(5-13)16-9-4-3-8(14)11(15)12(9)17/h3-4,7H,5-6H2,1-2H3. The Morgan fingerprint density at radius 3 is 2.65 bits per heavy atom. The van der Waals surface area contributed by atoms with Crippen LogP contribution in [0.2, 0.25) is 0 Å². The molecule has 0 aliphatic rings. The zero-order chi connectivity index (χ0) is 12.6. The molecule has 0 saturated heterocycles. The second-order valence-corrected chi connectivity index (χ2v) is 4.66. The van der Waals surface area contributed by atoms with Crippen molar-refractivity contribution in [3.8, 4) is 0 Å². The zero-order valence-electron chi connectivity index (χ0n) is 9.67. The topological polar surface area (TPSA) is 17.8 Å². The Kier molecular flexibility index (Phi) is 3.33. The number of nitrogens with zero attached hydrogens (tertiary/aromatic N) is 2. The molecule has 0 unspecified atom stereocenters. The summed E-state index contributed by atoms with van der Waals surface area (Å²) in [4.78, 5) is 4.21. The zero-order valence-corrected chi connectivity index (χ0v) is 10.4. The van der Waals surface area contributed by atoms with Crippen LogP contribution in [0.5, 0.6) is 0 Å². The molecule has 0 N–H and O–H groups in total. The van der Waals surface area contributed by atoms with Crippen LogP contribution in [-0.2, 0) is 12.4 Å². The normalized spacial score (nSPS) is 11.6. The summed E-state index contributed by atoms with van der Waals surface area (Å²) in [5, 5.41) is 0. The SMILES string of the molecule is CC(C)Cn1c(CCl)nc2ccc(F)c(F)c21. The minimum absolute atomic E-state index is 0.183. The van der Waals surface area contributed by atoms with E-state index in [1.165, 1.54) is 6.07 Å². The highest BCUT2D eigenvalue weighted by molar-refractivity contribution is 6.16. The van der Waals surface area contributed by atoms with Gasteiger partial charge in [-0.1, -0.05) is 13.8 Å². The van der Waals surface area contributed by atoms with Crippen LogP contribution < -0.4 is 0 Å². The lowest BCUT2D eigenvalue weighted by atomic mass is 10.2. The first kappa shape index (κ1) is 12.3. The fraction of sp³-hybridized carbons (Fsp3) is 0.417. The van der Waals surface area contributed by atoms with Crippen LogP contribution in [0.1, 0.15) is 19.7 Å². The Balaban J connectivity index is 2.71. The van der Waals surface area contributed by atoms with Crippen LogP contribution in [0.15, 0.2) is 12.1 Å². The van der Waals surface area contributed by atoms with Gasteiger partial charge in [-0.25, -0.2) is 13.8 Å². The highest BCUT2D eigenvalue weighted by atomic mass is 35.5. The molecule has 0 aliphatic heterocycles. The first-order valence-corrected chi connectivity index (χ1v) is 5.97. The van der Waals surface area contributed by atoms with Crippen LogP contribution in [-0.4, -0.2) is 9.55 Å². The van der Waals surface area contributed by atoms with Crippen molar-refractivity contribution in [1.29, 1.82) is 0 Å². The lowest BCUT2D eigenvalue weighted by Gasteiger charge is -2.10. The number of halogens is 3. The minimum Gasteiger partial charge on any atom is -0.324 e. The molecule has 92 valence electrons. The third-order valence-corrected chi connectivity index (χ3v) is 2.79. The van der Waals surface area contributed by atoms with Crippen molar-refractivity contribution in [2.45, 2.75) is 26.3 Å². The maximum Gasteiger partial charge on any atom is 0.184 e. The van der Waals surface area contributed by atoms with E-state index >= 15 is 0 Å². The highest BCUT2D eigenvalue weighted by Gasteiger charge is 2.17. The Bertz CT molecular complexity index is 549. The first-order valence-electron chi connectivity index (χ1n) is 5.43. The smallest absolute Gasteiger partial charge is 0.184 e. The van der Waals surface area contributed by atoms with Crippen LogP contribution in [0.25, 0.3) is 11.0 Å². The quantitative estimate of drug-likeness (QED) is 0.768. The molecule has 1 aromatic heterocycles. The second-order valence-electron chi connectivity index (χ2n) is 4.40. The summed E-state index contributed by atoms with van der Waals surface area (Å²) in [5.41, 5.74) is 0.648. The molecule has 0 amide bonds. The highest BCUT2D eigenvalue weighted by Crippen LogP contribution is 2.23. The van der Waals surface area contributed by atoms with Crippen LogP contribution in [0.4, 0.5) is 8.78 Å². The second kappa shape index (κ2) is 4.61. The Morgan fingerprint density at radius 1 is 1.35 bits per heavy atom. The first-order chi connectivity index (χ1) is 8.04. The molecule has 17 heavy (non-hydrogen) atoms. The fourth-order valence-electron chi connectivity index (χ4n) is 1.87. The number of fused-ring (bicyclic) bond motifs is 1. The molecule has 0 bridgehead atoms. The van der Waals surface area contributed by atoms with Gasteiger partial charge in [-0.05, 0) is 18.1 Å². The van der Waals surface area contributed by atoms with Gasteiger partial charge in [0.25, 0.3) is 0 Å². The molecule has 0 radical (unpaired) electrons. The molecule has 2 aromatic rings. The van der Waals surface area contributed by atoms with Gasteiger partial charge in [0.2, 0.25) is 0 Å². The fourth-order valence-corrected chi connectivity index (χ4v) is 2.07. The van der Waals surface area contributed by atoms with Crippen molar-refractivity contribution in [3.63, 3.8) is 0 Å². The van der Waals surface area contributed by atoms with E-state index < -0.39 is 11.6 Å². The van der Waals surface area contributed by atoms with Crippen LogP contribution in [0.3, 0.4) is 0 Å². The summed E-state index contributed by atoms with van der Waals surface area (Å²) in [6, 6.07) is 2.56. The molecule has 0 aliphatic carbocycles. The maximum absolute atomic E-state index is 13.8. The van der Waals surface area contributed by atoms with E-state index in [1.54, 1.807) is 4.57 Å². The van der Waals surface area contributed by atoms with Gasteiger partial charge < -0.3 is 4.57 Å². The van der Waals surface area contributed by atoms with Crippen molar-refractivity contribution in [1.82, 2.24) is 9.55 Å². The van der Waals surface area contributed by atoms with E-state index in [1.807, 2.05) is 13.8 Å². The van der Waals surface area contributed by atoms with E-state index in [-0.39, 0.29) is 11.4 Å². The molecular formula is C12H13ClF2N2. The average molecular weight is 259 g/mol. The monoisotopic (exact) mass is 258 g/mol. The maximum atomic E-state index is 13.8. The Morgan fingerprint density at radius 2 is 2.06 bits per heavy atom. The van der Waals surface area contributed by atoms with Gasteiger partial charge in [0.1, 0.15) is 11.3 Å². The molecule has 0 fully saturated rings. The van der Waals surface area contributed by atoms with Crippen LogP contribution in [0, 0.1) is 17.6 Å². The van der Waals surface area contributed by atoms with Crippen molar-refractivity contribution >= 4 is 22.6 Å². The predicted octanol–water partition coefficient (Wildman–Crippen LogP) is 3.71. The van der Waals surface area contributed by atoms with Gasteiger partial charge in [-0.3, -0.25) is 0 Å². The van der Waals surface area contributed by atoms with Gasteiger partial charge in [0.05, 0.1) is 11.4 Å². The molecule has 1 heterocycles. The molecule has 5 heteroatoms. The number of benzene rings is 1. The molecule has 2 rings (SSSR count). The predicted molar refractivity (Wildman–Crippen MR) is 64.0 cm³/mol. The average Bonchev–Trinajstić information content (AvgIpc) is 2.62.